The van der Waals surface area contributed by atoms with Crippen molar-refractivity contribution in [2.24, 2.45) is 0 Å². The quantitative estimate of drug-likeness (QED) is 0.611. The summed E-state index contributed by atoms with van der Waals surface area (Å²) in [6.07, 6.45) is 5.78. The Hall–Kier alpha value is -2.68. The third-order valence-corrected chi connectivity index (χ3v) is 5.52. The molecule has 1 aliphatic carbocycles. The maximum Gasteiger partial charge on any atom is 0.407 e. The average molecular weight is 504 g/mol. The van der Waals surface area contributed by atoms with Crippen LogP contribution in [0.5, 0.6) is 0 Å². The Labute approximate surface area is 197 Å². The SMILES string of the molecule is CC(C)(C)OC(=O)N[C@H]1CC[C@H](N(C(=O)NCc2ccccc2)c2ncc(Br)cn2)CC1. The van der Waals surface area contributed by atoms with Gasteiger partial charge in [-0.05, 0) is 67.9 Å². The highest BCUT2D eigenvalue weighted by Gasteiger charge is 2.32. The van der Waals surface area contributed by atoms with Gasteiger partial charge in [0.05, 0.1) is 4.47 Å². The smallest absolute Gasteiger partial charge is 0.407 e. The van der Waals surface area contributed by atoms with Crippen LogP contribution in [0.25, 0.3) is 0 Å². The van der Waals surface area contributed by atoms with Gasteiger partial charge in [0.1, 0.15) is 5.60 Å². The number of alkyl carbamates (subject to hydrolysis) is 1. The molecule has 0 radical (unpaired) electrons. The van der Waals surface area contributed by atoms with E-state index in [0.29, 0.717) is 12.5 Å². The minimum absolute atomic E-state index is 0.0150. The summed E-state index contributed by atoms with van der Waals surface area (Å²) in [7, 11) is 0. The molecular formula is C23H30BrN5O3. The van der Waals surface area contributed by atoms with Gasteiger partial charge in [0.2, 0.25) is 5.95 Å². The van der Waals surface area contributed by atoms with E-state index in [1.54, 1.807) is 17.3 Å². The van der Waals surface area contributed by atoms with Crippen LogP contribution in [0.15, 0.2) is 47.2 Å². The maximum atomic E-state index is 13.2. The zero-order chi connectivity index (χ0) is 23.1. The summed E-state index contributed by atoms with van der Waals surface area (Å²) in [5.41, 5.74) is 0.483. The first-order valence-corrected chi connectivity index (χ1v) is 11.6. The number of hydrogen-bond donors (Lipinski definition) is 2. The van der Waals surface area contributed by atoms with E-state index < -0.39 is 11.7 Å². The Bertz CT molecular complexity index is 894. The predicted molar refractivity (Wildman–Crippen MR) is 126 cm³/mol. The van der Waals surface area contributed by atoms with Crippen LogP contribution in [-0.2, 0) is 11.3 Å². The molecule has 0 atom stereocenters. The van der Waals surface area contributed by atoms with Crippen molar-refractivity contribution in [2.45, 2.75) is 70.7 Å². The molecule has 1 heterocycles. The molecule has 2 aromatic rings. The van der Waals surface area contributed by atoms with E-state index in [-0.39, 0.29) is 18.1 Å². The van der Waals surface area contributed by atoms with Gasteiger partial charge >= 0.3 is 12.1 Å². The van der Waals surface area contributed by atoms with Crippen LogP contribution in [0.1, 0.15) is 52.0 Å². The van der Waals surface area contributed by atoms with E-state index in [1.807, 2.05) is 51.1 Å². The fourth-order valence-corrected chi connectivity index (χ4v) is 3.87. The van der Waals surface area contributed by atoms with Gasteiger partial charge in [-0.3, -0.25) is 4.90 Å². The number of anilines is 1. The molecule has 1 aromatic carbocycles. The lowest BCUT2D eigenvalue weighted by Gasteiger charge is -2.36. The molecule has 0 spiro atoms. The molecule has 1 aliphatic rings. The first-order valence-electron chi connectivity index (χ1n) is 10.8. The van der Waals surface area contributed by atoms with Crippen molar-refractivity contribution in [3.05, 3.63) is 52.8 Å². The van der Waals surface area contributed by atoms with Crippen molar-refractivity contribution >= 4 is 34.0 Å². The summed E-state index contributed by atoms with van der Waals surface area (Å²) in [6.45, 7) is 5.94. The molecule has 1 aromatic heterocycles. The van der Waals surface area contributed by atoms with Crippen LogP contribution >= 0.6 is 15.9 Å². The third kappa shape index (κ3) is 7.19. The highest BCUT2D eigenvalue weighted by Crippen LogP contribution is 2.27. The predicted octanol–water partition coefficient (Wildman–Crippen LogP) is 4.79. The second kappa shape index (κ2) is 10.8. The largest absolute Gasteiger partial charge is 0.444 e. The maximum absolute atomic E-state index is 13.2. The summed E-state index contributed by atoms with van der Waals surface area (Å²) >= 11 is 3.34. The topological polar surface area (TPSA) is 96.5 Å². The summed E-state index contributed by atoms with van der Waals surface area (Å²) in [4.78, 5) is 35.6. The van der Waals surface area contributed by atoms with Gasteiger partial charge in [0.25, 0.3) is 0 Å². The molecule has 0 bridgehead atoms. The lowest BCUT2D eigenvalue weighted by Crippen LogP contribution is -2.50. The number of ether oxygens (including phenoxy) is 1. The summed E-state index contributed by atoms with van der Waals surface area (Å²) < 4.78 is 6.10. The number of amides is 3. The first kappa shape index (κ1) is 24.0. The number of halogens is 1. The van der Waals surface area contributed by atoms with Crippen molar-refractivity contribution in [2.75, 3.05) is 4.90 Å². The fourth-order valence-electron chi connectivity index (χ4n) is 3.66. The molecule has 0 saturated heterocycles. The van der Waals surface area contributed by atoms with E-state index in [0.717, 1.165) is 35.7 Å². The van der Waals surface area contributed by atoms with Crippen LogP contribution in [0.3, 0.4) is 0 Å². The molecular weight excluding hydrogens is 474 g/mol. The summed E-state index contributed by atoms with van der Waals surface area (Å²) in [6, 6.07) is 9.47. The number of benzene rings is 1. The van der Waals surface area contributed by atoms with E-state index in [1.165, 1.54) is 0 Å². The Morgan fingerprint density at radius 2 is 1.72 bits per heavy atom. The number of carbonyl (C=O) groups excluding carboxylic acids is 2. The fraction of sp³-hybridized carbons (Fsp3) is 0.478. The summed E-state index contributed by atoms with van der Waals surface area (Å²) in [5, 5.41) is 5.92. The molecule has 2 N–H and O–H groups in total. The van der Waals surface area contributed by atoms with Crippen LogP contribution in [0.2, 0.25) is 0 Å². The normalized spacial score (nSPS) is 18.5. The number of urea groups is 1. The van der Waals surface area contributed by atoms with E-state index in [4.69, 9.17) is 4.74 Å². The van der Waals surface area contributed by atoms with Crippen molar-refractivity contribution in [3.63, 3.8) is 0 Å². The Morgan fingerprint density at radius 3 is 2.31 bits per heavy atom. The van der Waals surface area contributed by atoms with Crippen LogP contribution in [-0.4, -0.2) is 39.8 Å². The first-order chi connectivity index (χ1) is 15.2. The molecule has 1 saturated carbocycles. The zero-order valence-corrected chi connectivity index (χ0v) is 20.3. The van der Waals surface area contributed by atoms with Crippen molar-refractivity contribution in [1.29, 1.82) is 0 Å². The molecule has 172 valence electrons. The lowest BCUT2D eigenvalue weighted by molar-refractivity contribution is 0.0491. The number of nitrogens with zero attached hydrogens (tertiary/aromatic N) is 3. The average Bonchev–Trinajstić information content (AvgIpc) is 2.74. The van der Waals surface area contributed by atoms with Gasteiger partial charge in [0.15, 0.2) is 0 Å². The Kier molecular flexibility index (Phi) is 8.06. The number of carbonyl (C=O) groups is 2. The number of aromatic nitrogens is 2. The molecule has 0 unspecified atom stereocenters. The van der Waals surface area contributed by atoms with E-state index >= 15 is 0 Å². The second-order valence-corrected chi connectivity index (χ2v) is 9.78. The standard InChI is InChI=1S/C23H30BrN5O3/c1-23(2,3)32-22(31)28-18-9-11-19(12-10-18)29(20-25-14-17(24)15-26-20)21(30)27-13-16-7-5-4-6-8-16/h4-8,14-15,18-19H,9-13H2,1-3H3,(H,27,30)(H,28,31)/t18-,19-. The minimum atomic E-state index is -0.534. The molecule has 0 aliphatic heterocycles. The van der Waals surface area contributed by atoms with Gasteiger partial charge in [-0.2, -0.15) is 0 Å². The van der Waals surface area contributed by atoms with Crippen molar-refractivity contribution in [1.82, 2.24) is 20.6 Å². The molecule has 8 nitrogen and oxygen atoms in total. The van der Waals surface area contributed by atoms with E-state index in [2.05, 4.69) is 36.5 Å². The number of rotatable bonds is 5. The Morgan fingerprint density at radius 1 is 1.09 bits per heavy atom. The monoisotopic (exact) mass is 503 g/mol. The van der Waals surface area contributed by atoms with Crippen molar-refractivity contribution in [3.8, 4) is 0 Å². The van der Waals surface area contributed by atoms with Gasteiger partial charge in [-0.1, -0.05) is 30.3 Å². The third-order valence-electron chi connectivity index (χ3n) is 5.11. The van der Waals surface area contributed by atoms with Gasteiger partial charge < -0.3 is 15.4 Å². The van der Waals surface area contributed by atoms with Gasteiger partial charge in [-0.25, -0.2) is 19.6 Å². The van der Waals surface area contributed by atoms with Crippen molar-refractivity contribution < 1.29 is 14.3 Å². The summed E-state index contributed by atoms with van der Waals surface area (Å²) in [5.74, 6) is 0.363. The molecule has 9 heteroatoms. The molecule has 3 rings (SSSR count). The van der Waals surface area contributed by atoms with Crippen LogP contribution in [0, 0.1) is 0 Å². The highest BCUT2D eigenvalue weighted by atomic mass is 79.9. The number of nitrogens with one attached hydrogen (secondary N) is 2. The molecule has 32 heavy (non-hydrogen) atoms. The number of hydrogen-bond acceptors (Lipinski definition) is 5. The molecule has 3 amide bonds. The highest BCUT2D eigenvalue weighted by molar-refractivity contribution is 9.10. The minimum Gasteiger partial charge on any atom is -0.444 e. The Balaban J connectivity index is 1.64. The lowest BCUT2D eigenvalue weighted by atomic mass is 9.90. The van der Waals surface area contributed by atoms with E-state index in [9.17, 15) is 9.59 Å². The van der Waals surface area contributed by atoms with Gasteiger partial charge in [0, 0.05) is 31.0 Å². The van der Waals surface area contributed by atoms with Crippen LogP contribution in [0.4, 0.5) is 15.5 Å². The van der Waals surface area contributed by atoms with Gasteiger partial charge in [-0.15, -0.1) is 0 Å². The zero-order valence-electron chi connectivity index (χ0n) is 18.7. The molecule has 1 fully saturated rings. The second-order valence-electron chi connectivity index (χ2n) is 8.87. The van der Waals surface area contributed by atoms with Crippen LogP contribution < -0.4 is 15.5 Å².